The third kappa shape index (κ3) is 2.45. The Hall–Kier alpha value is -3.04. The van der Waals surface area contributed by atoms with Crippen molar-refractivity contribution in [3.63, 3.8) is 0 Å². The number of nitrogens with one attached hydrogen (secondary N) is 1. The molecule has 0 spiro atoms. The van der Waals surface area contributed by atoms with Gasteiger partial charge in [-0.25, -0.2) is 14.2 Å². The van der Waals surface area contributed by atoms with E-state index in [1.54, 1.807) is 11.6 Å². The Labute approximate surface area is 125 Å². The molecule has 0 saturated heterocycles. The summed E-state index contributed by atoms with van der Waals surface area (Å²) in [5.74, 6) is -0.261. The molecule has 2 aromatic rings. The lowest BCUT2D eigenvalue weighted by atomic mass is 10.4. The standard InChI is InChI=1S/C12H14N8O2/c1-4-22-10(21)9-14-11-16-13-6-19(11)18-12(15-9)20-8(3)5-7(2)17-20/h5-6H,4H2,1-3H3,(H,14,15,16,18). The van der Waals surface area contributed by atoms with Crippen LogP contribution in [-0.4, -0.2) is 49.0 Å². The van der Waals surface area contributed by atoms with Crippen molar-refractivity contribution in [2.24, 2.45) is 9.98 Å². The van der Waals surface area contributed by atoms with Crippen LogP contribution in [0, 0.1) is 13.8 Å². The lowest BCUT2D eigenvalue weighted by molar-refractivity contribution is -0.135. The van der Waals surface area contributed by atoms with Crippen LogP contribution in [0.5, 0.6) is 0 Å². The number of ether oxygens (including phenoxy) is 1. The van der Waals surface area contributed by atoms with Gasteiger partial charge in [0.2, 0.25) is 11.8 Å². The minimum atomic E-state index is -0.639. The lowest BCUT2D eigenvalue weighted by Gasteiger charge is -2.09. The van der Waals surface area contributed by atoms with Crippen LogP contribution in [0.1, 0.15) is 18.3 Å². The van der Waals surface area contributed by atoms with Gasteiger partial charge in [-0.05, 0) is 26.8 Å². The molecule has 3 rings (SSSR count). The molecule has 0 amide bonds. The number of aryl methyl sites for hydroxylation is 2. The average Bonchev–Trinajstić information content (AvgIpc) is 2.99. The Kier molecular flexibility index (Phi) is 3.41. The largest absolute Gasteiger partial charge is 0.460 e. The van der Waals surface area contributed by atoms with Gasteiger partial charge in [0.15, 0.2) is 0 Å². The van der Waals surface area contributed by atoms with E-state index in [0.29, 0.717) is 5.96 Å². The van der Waals surface area contributed by atoms with Gasteiger partial charge >= 0.3 is 5.97 Å². The molecule has 10 nitrogen and oxygen atoms in total. The summed E-state index contributed by atoms with van der Waals surface area (Å²) in [5, 5.41) is 11.9. The molecule has 0 radical (unpaired) electrons. The second-order valence-corrected chi connectivity index (χ2v) is 4.54. The molecular weight excluding hydrogens is 288 g/mol. The van der Waals surface area contributed by atoms with Crippen LogP contribution in [0.4, 0.5) is 5.95 Å². The second kappa shape index (κ2) is 5.39. The first-order valence-corrected chi connectivity index (χ1v) is 6.63. The van der Waals surface area contributed by atoms with E-state index in [2.05, 4.69) is 30.7 Å². The molecule has 10 heteroatoms. The number of carbonyl (C=O) groups excluding carboxylic acids is 1. The van der Waals surface area contributed by atoms with E-state index < -0.39 is 5.97 Å². The minimum Gasteiger partial charge on any atom is -0.460 e. The zero-order valence-corrected chi connectivity index (χ0v) is 12.3. The molecule has 0 fully saturated rings. The summed E-state index contributed by atoms with van der Waals surface area (Å²) in [5.41, 5.74) is 4.63. The predicted molar refractivity (Wildman–Crippen MR) is 77.6 cm³/mol. The monoisotopic (exact) mass is 302 g/mol. The molecule has 0 aromatic carbocycles. The van der Waals surface area contributed by atoms with E-state index in [-0.39, 0.29) is 18.4 Å². The van der Waals surface area contributed by atoms with E-state index in [1.165, 1.54) is 11.0 Å². The smallest absolute Gasteiger partial charge is 0.376 e. The van der Waals surface area contributed by atoms with Crippen molar-refractivity contribution in [1.29, 1.82) is 0 Å². The predicted octanol–water partition coefficient (Wildman–Crippen LogP) is 0.146. The molecule has 1 N–H and O–H groups in total. The molecule has 1 aliphatic rings. The highest BCUT2D eigenvalue weighted by molar-refractivity contribution is 6.38. The number of amidine groups is 1. The molecule has 114 valence electrons. The zero-order valence-electron chi connectivity index (χ0n) is 12.3. The lowest BCUT2D eigenvalue weighted by Crippen LogP contribution is -2.31. The topological polar surface area (TPSA) is 112 Å². The zero-order chi connectivity index (χ0) is 15.7. The van der Waals surface area contributed by atoms with Gasteiger partial charge < -0.3 is 4.74 Å². The Morgan fingerprint density at radius 3 is 2.86 bits per heavy atom. The van der Waals surface area contributed by atoms with Crippen molar-refractivity contribution in [3.8, 4) is 0 Å². The van der Waals surface area contributed by atoms with Crippen molar-refractivity contribution in [1.82, 2.24) is 24.7 Å². The van der Waals surface area contributed by atoms with Gasteiger partial charge in [0, 0.05) is 5.69 Å². The fourth-order valence-electron chi connectivity index (χ4n) is 1.96. The van der Waals surface area contributed by atoms with Gasteiger partial charge in [0.05, 0.1) is 12.3 Å². The number of fused-ring (bicyclic) bond motifs is 1. The second-order valence-electron chi connectivity index (χ2n) is 4.54. The van der Waals surface area contributed by atoms with Crippen LogP contribution in [-0.2, 0) is 9.53 Å². The van der Waals surface area contributed by atoms with E-state index >= 15 is 0 Å². The normalized spacial score (nSPS) is 13.6. The van der Waals surface area contributed by atoms with E-state index in [4.69, 9.17) is 4.74 Å². The first kappa shape index (κ1) is 13.9. The number of hydrogen-bond donors (Lipinski definition) is 1. The summed E-state index contributed by atoms with van der Waals surface area (Å²) < 4.78 is 7.97. The van der Waals surface area contributed by atoms with Crippen molar-refractivity contribution >= 4 is 23.7 Å². The summed E-state index contributed by atoms with van der Waals surface area (Å²) in [4.78, 5) is 20.3. The molecule has 0 aliphatic carbocycles. The number of esters is 1. The number of aromatic nitrogens is 5. The number of nitrogens with zero attached hydrogens (tertiary/aromatic N) is 7. The van der Waals surface area contributed by atoms with Gasteiger partial charge in [-0.1, -0.05) is 0 Å². The maximum Gasteiger partial charge on any atom is 0.376 e. The summed E-state index contributed by atoms with van der Waals surface area (Å²) in [6, 6.07) is 1.89. The Bertz CT molecular complexity index is 785. The first-order chi connectivity index (χ1) is 10.6. The van der Waals surface area contributed by atoms with E-state index in [0.717, 1.165) is 11.4 Å². The number of carbonyl (C=O) groups is 1. The molecule has 3 heterocycles. The Balaban J connectivity index is 2.09. The Morgan fingerprint density at radius 1 is 1.36 bits per heavy atom. The molecule has 1 aliphatic heterocycles. The van der Waals surface area contributed by atoms with Crippen LogP contribution in [0.25, 0.3) is 0 Å². The average molecular weight is 302 g/mol. The Morgan fingerprint density at radius 2 is 2.18 bits per heavy atom. The molecule has 0 bridgehead atoms. The van der Waals surface area contributed by atoms with Gasteiger partial charge in [-0.3, -0.25) is 5.43 Å². The molecule has 0 saturated carbocycles. The first-order valence-electron chi connectivity index (χ1n) is 6.63. The molecular formula is C12H14N8O2. The van der Waals surface area contributed by atoms with Crippen molar-refractivity contribution in [2.75, 3.05) is 12.0 Å². The number of hydrogen-bond acceptors (Lipinski definition) is 8. The van der Waals surface area contributed by atoms with Crippen molar-refractivity contribution in [3.05, 3.63) is 23.8 Å². The van der Waals surface area contributed by atoms with Crippen LogP contribution >= 0.6 is 0 Å². The van der Waals surface area contributed by atoms with Crippen LogP contribution in [0.2, 0.25) is 0 Å². The third-order valence-electron chi connectivity index (χ3n) is 2.84. The summed E-state index contributed by atoms with van der Waals surface area (Å²) in [6.07, 6.45) is 1.42. The highest BCUT2D eigenvalue weighted by atomic mass is 16.5. The highest BCUT2D eigenvalue weighted by Gasteiger charge is 2.21. The van der Waals surface area contributed by atoms with Gasteiger partial charge in [-0.2, -0.15) is 15.1 Å². The van der Waals surface area contributed by atoms with Crippen LogP contribution in [0.15, 0.2) is 22.4 Å². The quantitative estimate of drug-likeness (QED) is 0.790. The highest BCUT2D eigenvalue weighted by Crippen LogP contribution is 2.11. The van der Waals surface area contributed by atoms with E-state index in [9.17, 15) is 4.79 Å². The maximum atomic E-state index is 12.0. The van der Waals surface area contributed by atoms with Crippen LogP contribution < -0.4 is 5.43 Å². The van der Waals surface area contributed by atoms with Gasteiger partial charge in [-0.15, -0.1) is 10.2 Å². The SMILES string of the molecule is CCOC(=O)C1=Nc2nncn2NC(n2nc(C)cc2C)=N1. The minimum absolute atomic E-state index is 0.122. The number of rotatable bonds is 2. The third-order valence-corrected chi connectivity index (χ3v) is 2.84. The maximum absolute atomic E-state index is 12.0. The number of aliphatic imine (C=N–C) groups is 2. The molecule has 0 unspecified atom stereocenters. The fourth-order valence-corrected chi connectivity index (χ4v) is 1.96. The summed E-state index contributed by atoms with van der Waals surface area (Å²) >= 11 is 0. The summed E-state index contributed by atoms with van der Waals surface area (Å²) in [6.45, 7) is 5.68. The van der Waals surface area contributed by atoms with Gasteiger partial charge in [0.25, 0.3) is 5.95 Å². The van der Waals surface area contributed by atoms with Crippen molar-refractivity contribution < 1.29 is 9.53 Å². The van der Waals surface area contributed by atoms with E-state index in [1.807, 2.05) is 19.9 Å². The van der Waals surface area contributed by atoms with Crippen LogP contribution in [0.3, 0.4) is 0 Å². The molecule has 2 aromatic heterocycles. The molecule has 22 heavy (non-hydrogen) atoms. The van der Waals surface area contributed by atoms with Crippen molar-refractivity contribution in [2.45, 2.75) is 20.8 Å². The fraction of sp³-hybridized carbons (Fsp3) is 0.333. The molecule has 0 atom stereocenters. The summed E-state index contributed by atoms with van der Waals surface area (Å²) in [7, 11) is 0. The van der Waals surface area contributed by atoms with Gasteiger partial charge in [0.1, 0.15) is 6.33 Å².